The molecule has 1 saturated carbocycles. The number of hydrogen-bond acceptors (Lipinski definition) is 8. The van der Waals surface area contributed by atoms with Crippen molar-refractivity contribution in [1.82, 2.24) is 25.8 Å². The van der Waals surface area contributed by atoms with Gasteiger partial charge in [-0.2, -0.15) is 0 Å². The minimum Gasteiger partial charge on any atom is -0.441 e. The third-order valence-electron chi connectivity index (χ3n) is 10.4. The quantitative estimate of drug-likeness (QED) is 0.320. The Labute approximate surface area is 232 Å². The van der Waals surface area contributed by atoms with Gasteiger partial charge >= 0.3 is 6.09 Å². The summed E-state index contributed by atoms with van der Waals surface area (Å²) >= 11 is 0. The molecular weight excluding hydrogens is 501 g/mol. The predicted molar refractivity (Wildman–Crippen MR) is 148 cm³/mol. The number of likely N-dealkylation sites (tertiary alicyclic amines) is 1. The molecule has 5 rings (SSSR count). The average molecular weight is 552 g/mol. The van der Waals surface area contributed by atoms with Gasteiger partial charge in [-0.1, -0.05) is 19.3 Å². The van der Waals surface area contributed by atoms with Crippen LogP contribution in [0.4, 0.5) is 9.18 Å². The van der Waals surface area contributed by atoms with E-state index in [-0.39, 0.29) is 42.1 Å². The second-order valence-electron chi connectivity index (χ2n) is 13.1. The van der Waals surface area contributed by atoms with Crippen LogP contribution in [0.25, 0.3) is 0 Å². The zero-order chi connectivity index (χ0) is 27.6. The number of carbonyl (C=O) groups excluding carboxylic acids is 2. The summed E-state index contributed by atoms with van der Waals surface area (Å²) < 4.78 is 20.5. The molecular formula is C28H50FN7O3. The molecule has 4 heterocycles. The van der Waals surface area contributed by atoms with Crippen molar-refractivity contribution in [2.24, 2.45) is 22.8 Å². The van der Waals surface area contributed by atoms with Crippen LogP contribution in [0.5, 0.6) is 0 Å². The Balaban J connectivity index is 1.25. The van der Waals surface area contributed by atoms with Gasteiger partial charge in [0.2, 0.25) is 5.91 Å². The first-order valence-electron chi connectivity index (χ1n) is 15.3. The second kappa shape index (κ2) is 12.1. The van der Waals surface area contributed by atoms with Gasteiger partial charge in [-0.15, -0.1) is 0 Å². The molecule has 5 fully saturated rings. The minimum atomic E-state index is -0.919. The van der Waals surface area contributed by atoms with Crippen LogP contribution in [0.2, 0.25) is 0 Å². The average Bonchev–Trinajstić information content (AvgIpc) is 3.18. The number of rotatable bonds is 5. The largest absolute Gasteiger partial charge is 0.441 e. The fourth-order valence-corrected chi connectivity index (χ4v) is 8.14. The molecule has 0 aromatic rings. The maximum atomic E-state index is 14.7. The topological polar surface area (TPSA) is 138 Å². The van der Waals surface area contributed by atoms with Crippen molar-refractivity contribution < 1.29 is 18.7 Å². The predicted octanol–water partition coefficient (Wildman–Crippen LogP) is 1.04. The zero-order valence-corrected chi connectivity index (χ0v) is 23.6. The van der Waals surface area contributed by atoms with Gasteiger partial charge in [0.1, 0.15) is 11.8 Å². The Hall–Kier alpha value is -1.53. The van der Waals surface area contributed by atoms with Gasteiger partial charge in [0, 0.05) is 58.2 Å². The van der Waals surface area contributed by atoms with Crippen LogP contribution in [0.3, 0.4) is 0 Å². The molecule has 0 aromatic carbocycles. The van der Waals surface area contributed by atoms with Crippen LogP contribution in [0, 0.1) is 11.3 Å². The molecule has 5 unspecified atom stereocenters. The van der Waals surface area contributed by atoms with Gasteiger partial charge in [-0.3, -0.25) is 9.69 Å². The number of piperidine rings is 2. The monoisotopic (exact) mass is 551 g/mol. The molecule has 10 nitrogen and oxygen atoms in total. The van der Waals surface area contributed by atoms with E-state index < -0.39 is 23.9 Å². The van der Waals surface area contributed by atoms with Crippen molar-refractivity contribution in [1.29, 1.82) is 0 Å². The first-order valence-corrected chi connectivity index (χ1v) is 15.3. The van der Waals surface area contributed by atoms with E-state index in [1.165, 1.54) is 6.42 Å². The summed E-state index contributed by atoms with van der Waals surface area (Å²) in [6, 6.07) is -0.149. The Morgan fingerprint density at radius 1 is 1.10 bits per heavy atom. The number of nitrogens with zero attached hydrogens (tertiary/aromatic N) is 2. The highest BCUT2D eigenvalue weighted by atomic mass is 19.1. The highest BCUT2D eigenvalue weighted by Crippen LogP contribution is 2.46. The van der Waals surface area contributed by atoms with E-state index in [0.29, 0.717) is 19.5 Å². The summed E-state index contributed by atoms with van der Waals surface area (Å²) in [5, 5.41) is 10.2. The van der Waals surface area contributed by atoms with E-state index in [9.17, 15) is 14.0 Å². The molecule has 2 amide bonds. The van der Waals surface area contributed by atoms with Crippen LogP contribution in [0.15, 0.2) is 0 Å². The number of amides is 2. The smallest absolute Gasteiger partial charge is 0.410 e. The lowest BCUT2D eigenvalue weighted by molar-refractivity contribution is -0.129. The van der Waals surface area contributed by atoms with Gasteiger partial charge in [0.05, 0.1) is 24.7 Å². The van der Waals surface area contributed by atoms with E-state index in [1.54, 1.807) is 11.9 Å². The summed E-state index contributed by atoms with van der Waals surface area (Å²) in [5.74, 6) is -0.766. The third-order valence-corrected chi connectivity index (χ3v) is 10.4. The number of nitrogens with one attached hydrogen (secondary N) is 3. The standard InChI is InChI=1S/C28H50FN7O3/c1-35-18-28(39-26(35)38)10-13-36(14-11-28)22-6-12-32-17-21(22)34-25(37)23(24(30)31)20-15-27(7-3-2-4-8-27)9-5-19(29)16-33-20/h19-24,32-33H,2-18,30-31H2,1H3,(H,34,37). The molecule has 0 aromatic heterocycles. The number of likely N-dealkylation sites (N-methyl/N-ethyl adjacent to an activating group) is 1. The van der Waals surface area contributed by atoms with Gasteiger partial charge in [-0.25, -0.2) is 9.18 Å². The molecule has 4 aliphatic heterocycles. The number of nitrogens with two attached hydrogens (primary N) is 2. The van der Waals surface area contributed by atoms with Gasteiger partial charge < -0.3 is 37.1 Å². The molecule has 1 aliphatic carbocycles. The summed E-state index contributed by atoms with van der Waals surface area (Å²) in [6.07, 6.45) is 8.51. The molecule has 222 valence electrons. The van der Waals surface area contributed by atoms with E-state index in [4.69, 9.17) is 16.2 Å². The van der Waals surface area contributed by atoms with Crippen molar-refractivity contribution >= 4 is 12.0 Å². The molecule has 2 spiro atoms. The highest BCUT2D eigenvalue weighted by molar-refractivity contribution is 5.80. The lowest BCUT2D eigenvalue weighted by Crippen LogP contribution is -2.65. The van der Waals surface area contributed by atoms with E-state index in [2.05, 4.69) is 20.9 Å². The zero-order valence-electron chi connectivity index (χ0n) is 23.6. The first-order chi connectivity index (χ1) is 18.7. The van der Waals surface area contributed by atoms with Gasteiger partial charge in [0.25, 0.3) is 0 Å². The maximum Gasteiger partial charge on any atom is 0.410 e. The number of ether oxygens (including phenoxy) is 1. The van der Waals surface area contributed by atoms with E-state index in [0.717, 1.165) is 77.4 Å². The SMILES string of the molecule is CN1CC2(CCN(C3CCNCC3NC(=O)C(C(N)N)C3CC4(CCCCC4)CCC(F)CN3)CC2)OC1=O. The van der Waals surface area contributed by atoms with Crippen molar-refractivity contribution in [3.05, 3.63) is 0 Å². The van der Waals surface area contributed by atoms with E-state index in [1.807, 2.05) is 0 Å². The van der Waals surface area contributed by atoms with Crippen LogP contribution >= 0.6 is 0 Å². The molecule has 7 N–H and O–H groups in total. The van der Waals surface area contributed by atoms with Crippen molar-refractivity contribution in [2.45, 2.75) is 107 Å². The van der Waals surface area contributed by atoms with Crippen LogP contribution in [-0.2, 0) is 9.53 Å². The van der Waals surface area contributed by atoms with Gasteiger partial charge in [-0.05, 0) is 50.5 Å². The van der Waals surface area contributed by atoms with Crippen LogP contribution in [0.1, 0.15) is 70.6 Å². The highest BCUT2D eigenvalue weighted by Gasteiger charge is 2.48. The lowest BCUT2D eigenvalue weighted by Gasteiger charge is -2.46. The molecule has 11 heteroatoms. The molecule has 4 saturated heterocycles. The van der Waals surface area contributed by atoms with Crippen molar-refractivity contribution in [3.63, 3.8) is 0 Å². The van der Waals surface area contributed by atoms with E-state index >= 15 is 0 Å². The molecule has 0 bridgehead atoms. The van der Waals surface area contributed by atoms with Gasteiger partial charge in [0.15, 0.2) is 0 Å². The summed E-state index contributed by atoms with van der Waals surface area (Å²) in [4.78, 5) is 30.0. The summed E-state index contributed by atoms with van der Waals surface area (Å²) in [7, 11) is 1.79. The molecule has 0 radical (unpaired) electrons. The van der Waals surface area contributed by atoms with Crippen LogP contribution < -0.4 is 27.4 Å². The molecule has 5 atom stereocenters. The first kappa shape index (κ1) is 29.0. The fourth-order valence-electron chi connectivity index (χ4n) is 8.14. The minimum absolute atomic E-state index is 0.0601. The molecule has 39 heavy (non-hydrogen) atoms. The van der Waals surface area contributed by atoms with Crippen LogP contribution in [-0.4, -0.2) is 104 Å². The number of halogens is 1. The van der Waals surface area contributed by atoms with Crippen molar-refractivity contribution in [2.75, 3.05) is 46.3 Å². The Bertz CT molecular complexity index is 862. The molecule has 5 aliphatic rings. The Morgan fingerprint density at radius 3 is 2.51 bits per heavy atom. The number of alkyl halides is 1. The van der Waals surface area contributed by atoms with Crippen molar-refractivity contribution in [3.8, 4) is 0 Å². The number of carbonyl (C=O) groups is 2. The number of hydrogen-bond donors (Lipinski definition) is 5. The summed E-state index contributed by atoms with van der Waals surface area (Å²) in [6.45, 7) is 4.08. The maximum absolute atomic E-state index is 14.7. The Kier molecular flexibility index (Phi) is 9.02. The summed E-state index contributed by atoms with van der Waals surface area (Å²) in [5.41, 5.74) is 12.3. The Morgan fingerprint density at radius 2 is 1.85 bits per heavy atom. The third kappa shape index (κ3) is 6.53. The fraction of sp³-hybridized carbons (Fsp3) is 0.929. The lowest BCUT2D eigenvalue weighted by atomic mass is 9.65. The second-order valence-corrected chi connectivity index (χ2v) is 13.1. The normalized spacial score (nSPS) is 34.5.